The molecule has 30 heavy (non-hydrogen) atoms. The third kappa shape index (κ3) is 4.67. The van der Waals surface area contributed by atoms with Gasteiger partial charge in [0.2, 0.25) is 0 Å². The summed E-state index contributed by atoms with van der Waals surface area (Å²) in [5, 5.41) is 8.28. The molecular weight excluding hydrogens is 394 g/mol. The number of carbonyl (C=O) groups is 3. The summed E-state index contributed by atoms with van der Waals surface area (Å²) in [7, 11) is 0. The predicted molar refractivity (Wildman–Crippen MR) is 108 cm³/mol. The van der Waals surface area contributed by atoms with Crippen molar-refractivity contribution in [2.45, 2.75) is 32.6 Å². The van der Waals surface area contributed by atoms with Crippen molar-refractivity contribution in [2.24, 2.45) is 0 Å². The molecule has 1 saturated heterocycles. The Labute approximate surface area is 170 Å². The van der Waals surface area contributed by atoms with E-state index < -0.39 is 17.9 Å². The van der Waals surface area contributed by atoms with Crippen LogP contribution in [0.5, 0.6) is 0 Å². The van der Waals surface area contributed by atoms with Gasteiger partial charge in [-0.1, -0.05) is 0 Å². The van der Waals surface area contributed by atoms with Gasteiger partial charge in [-0.3, -0.25) is 29.4 Å². The maximum Gasteiger partial charge on any atom is 0.432 e. The summed E-state index contributed by atoms with van der Waals surface area (Å²) < 4.78 is 0. The molecule has 2 aromatic rings. The molecule has 3 amide bonds. The van der Waals surface area contributed by atoms with Crippen LogP contribution >= 0.6 is 0 Å². The van der Waals surface area contributed by atoms with Gasteiger partial charge in [-0.2, -0.15) is 0 Å². The van der Waals surface area contributed by atoms with Crippen LogP contribution in [0.3, 0.4) is 0 Å². The number of nitrogens with one attached hydrogen (secondary N) is 3. The molecule has 3 N–H and O–H groups in total. The van der Waals surface area contributed by atoms with Crippen LogP contribution in [-0.2, 0) is 14.4 Å². The topological polar surface area (TPSA) is 145 Å². The first-order chi connectivity index (χ1) is 14.4. The van der Waals surface area contributed by atoms with Gasteiger partial charge in [-0.05, 0) is 38.0 Å². The summed E-state index contributed by atoms with van der Waals surface area (Å²) in [5.41, 5.74) is 0.106. The number of amides is 3. The highest BCUT2D eigenvalue weighted by Crippen LogP contribution is 2.18. The molecule has 0 bridgehead atoms. The Kier molecular flexibility index (Phi) is 6.50. The van der Waals surface area contributed by atoms with E-state index in [9.17, 15) is 24.0 Å². The van der Waals surface area contributed by atoms with Crippen molar-refractivity contribution in [3.63, 3.8) is 0 Å². The number of aromatic amines is 2. The summed E-state index contributed by atoms with van der Waals surface area (Å²) in [4.78, 5) is 65.1. The van der Waals surface area contributed by atoms with E-state index in [-0.39, 0.29) is 24.0 Å². The van der Waals surface area contributed by atoms with E-state index in [0.29, 0.717) is 41.9 Å². The van der Waals surface area contributed by atoms with Crippen LogP contribution in [-0.4, -0.2) is 52.8 Å². The van der Waals surface area contributed by atoms with Crippen molar-refractivity contribution < 1.29 is 19.2 Å². The lowest BCUT2D eigenvalue weighted by Crippen LogP contribution is -2.37. The Morgan fingerprint density at radius 2 is 1.73 bits per heavy atom. The van der Waals surface area contributed by atoms with Gasteiger partial charge in [0.25, 0.3) is 22.9 Å². The van der Waals surface area contributed by atoms with Gasteiger partial charge in [0, 0.05) is 38.2 Å². The third-order valence-electron chi connectivity index (χ3n) is 4.83. The number of imide groups is 1. The molecule has 0 radical (unpaired) electrons. The predicted octanol–water partition coefficient (Wildman–Crippen LogP) is 0.613. The Balaban J connectivity index is 1.48. The van der Waals surface area contributed by atoms with Crippen LogP contribution in [0.1, 0.15) is 32.6 Å². The standard InChI is InChI=1S/C19H23N5O6/c1-2-23(12-5-6-13-14(11-12)18(28)22-21-17(13)27)10-4-3-9-20-19(29)30-24-15(25)7-8-16(24)26/h5-6,11H,2-4,7-10H2,1H3,(H,20,29)(H,21,27)(H,22,28). The van der Waals surface area contributed by atoms with Crippen molar-refractivity contribution in [1.29, 1.82) is 0 Å². The first-order valence-corrected chi connectivity index (χ1v) is 9.72. The Morgan fingerprint density at radius 1 is 1.07 bits per heavy atom. The number of anilines is 1. The van der Waals surface area contributed by atoms with Gasteiger partial charge in [0.1, 0.15) is 0 Å². The second kappa shape index (κ2) is 9.25. The molecule has 1 aliphatic heterocycles. The van der Waals surface area contributed by atoms with E-state index in [1.807, 2.05) is 6.92 Å². The van der Waals surface area contributed by atoms with Crippen molar-refractivity contribution in [3.05, 3.63) is 38.9 Å². The minimum atomic E-state index is -0.843. The van der Waals surface area contributed by atoms with Crippen LogP contribution < -0.4 is 21.3 Å². The van der Waals surface area contributed by atoms with Crippen molar-refractivity contribution >= 4 is 34.4 Å². The molecular formula is C19H23N5O6. The van der Waals surface area contributed by atoms with E-state index >= 15 is 0 Å². The van der Waals surface area contributed by atoms with Gasteiger partial charge in [-0.25, -0.2) is 4.79 Å². The monoisotopic (exact) mass is 417 g/mol. The SMILES string of the molecule is CCN(CCCCNC(=O)ON1C(=O)CCC1=O)c1ccc2c(=O)[nH][nH]c(=O)c2c1. The second-order valence-corrected chi connectivity index (χ2v) is 6.81. The highest BCUT2D eigenvalue weighted by molar-refractivity contribution is 6.01. The summed E-state index contributed by atoms with van der Waals surface area (Å²) in [6, 6.07) is 5.10. The highest BCUT2D eigenvalue weighted by atomic mass is 16.7. The largest absolute Gasteiger partial charge is 0.432 e. The molecule has 3 rings (SSSR count). The lowest BCUT2D eigenvalue weighted by molar-refractivity contribution is -0.171. The number of aromatic nitrogens is 2. The molecule has 2 heterocycles. The molecule has 11 heteroatoms. The van der Waals surface area contributed by atoms with Crippen molar-refractivity contribution in [2.75, 3.05) is 24.5 Å². The molecule has 1 aliphatic rings. The lowest BCUT2D eigenvalue weighted by atomic mass is 10.1. The smallest absolute Gasteiger partial charge is 0.372 e. The van der Waals surface area contributed by atoms with Crippen LogP contribution in [0, 0.1) is 0 Å². The van der Waals surface area contributed by atoms with Gasteiger partial charge in [-0.15, -0.1) is 5.06 Å². The van der Waals surface area contributed by atoms with Crippen molar-refractivity contribution in [3.8, 4) is 0 Å². The third-order valence-corrected chi connectivity index (χ3v) is 4.83. The number of nitrogens with zero attached hydrogens (tertiary/aromatic N) is 2. The quantitative estimate of drug-likeness (QED) is 0.421. The Hall–Kier alpha value is -3.63. The summed E-state index contributed by atoms with van der Waals surface area (Å²) in [6.45, 7) is 3.66. The molecule has 160 valence electrons. The molecule has 0 atom stereocenters. The number of carbonyl (C=O) groups excluding carboxylic acids is 3. The summed E-state index contributed by atoms with van der Waals surface area (Å²) >= 11 is 0. The minimum absolute atomic E-state index is 0.0496. The molecule has 1 aromatic heterocycles. The second-order valence-electron chi connectivity index (χ2n) is 6.81. The van der Waals surface area contributed by atoms with Crippen molar-refractivity contribution in [1.82, 2.24) is 20.6 Å². The number of unbranched alkanes of at least 4 members (excludes halogenated alkanes) is 1. The number of hydroxylamine groups is 2. The molecule has 0 aliphatic carbocycles. The number of H-pyrrole nitrogens is 2. The van der Waals surface area contributed by atoms with E-state index in [0.717, 1.165) is 12.1 Å². The average Bonchev–Trinajstić information content (AvgIpc) is 3.05. The van der Waals surface area contributed by atoms with Crippen LogP contribution in [0.2, 0.25) is 0 Å². The van der Waals surface area contributed by atoms with E-state index in [4.69, 9.17) is 4.84 Å². The zero-order valence-corrected chi connectivity index (χ0v) is 16.5. The molecule has 1 fully saturated rings. The first kappa shape index (κ1) is 21.1. The summed E-state index contributed by atoms with van der Waals surface area (Å²) in [6.07, 6.45) is 0.632. The zero-order chi connectivity index (χ0) is 21.7. The van der Waals surface area contributed by atoms with Gasteiger partial charge < -0.3 is 15.1 Å². The fourth-order valence-corrected chi connectivity index (χ4v) is 3.22. The zero-order valence-electron chi connectivity index (χ0n) is 16.5. The first-order valence-electron chi connectivity index (χ1n) is 9.72. The van der Waals surface area contributed by atoms with Gasteiger partial charge in [0.15, 0.2) is 0 Å². The number of benzene rings is 1. The van der Waals surface area contributed by atoms with E-state index in [1.54, 1.807) is 18.2 Å². The van der Waals surface area contributed by atoms with Crippen LogP contribution in [0.25, 0.3) is 10.8 Å². The Bertz CT molecular complexity index is 1060. The van der Waals surface area contributed by atoms with E-state index in [1.165, 1.54) is 0 Å². The molecule has 11 nitrogen and oxygen atoms in total. The normalized spacial score (nSPS) is 13.7. The Morgan fingerprint density at radius 3 is 2.40 bits per heavy atom. The van der Waals surface area contributed by atoms with Gasteiger partial charge in [0.05, 0.1) is 10.8 Å². The number of fused-ring (bicyclic) bond motifs is 1. The van der Waals surface area contributed by atoms with Crippen LogP contribution in [0.4, 0.5) is 10.5 Å². The lowest BCUT2D eigenvalue weighted by Gasteiger charge is -2.23. The summed E-state index contributed by atoms with van der Waals surface area (Å²) in [5.74, 6) is -1.05. The molecule has 0 saturated carbocycles. The molecule has 0 unspecified atom stereocenters. The maximum absolute atomic E-state index is 12.0. The fourth-order valence-electron chi connectivity index (χ4n) is 3.22. The molecule has 1 aromatic carbocycles. The number of hydrogen-bond donors (Lipinski definition) is 3. The number of rotatable bonds is 8. The molecule has 0 spiro atoms. The van der Waals surface area contributed by atoms with E-state index in [2.05, 4.69) is 20.4 Å². The maximum atomic E-state index is 12.0. The average molecular weight is 417 g/mol. The van der Waals surface area contributed by atoms with Gasteiger partial charge >= 0.3 is 6.09 Å². The number of hydrogen-bond acceptors (Lipinski definition) is 7. The minimum Gasteiger partial charge on any atom is -0.372 e. The highest BCUT2D eigenvalue weighted by Gasteiger charge is 2.32. The fraction of sp³-hybridized carbons (Fsp3) is 0.421. The van der Waals surface area contributed by atoms with Crippen LogP contribution in [0.15, 0.2) is 27.8 Å².